The number of carbonyl (C=O) groups excluding carboxylic acids is 2. The lowest BCUT2D eigenvalue weighted by molar-refractivity contribution is -0.146. The van der Waals surface area contributed by atoms with E-state index in [4.69, 9.17) is 15.6 Å². The number of carbonyl (C=O) groups is 3. The molecule has 0 radical (unpaired) electrons. The predicted molar refractivity (Wildman–Crippen MR) is 92.5 cm³/mol. The van der Waals surface area contributed by atoms with Crippen LogP contribution in [0.5, 0.6) is 0 Å². The molecule has 0 saturated heterocycles. The first-order valence-electron chi connectivity index (χ1n) is 8.29. The third-order valence-electron chi connectivity index (χ3n) is 3.69. The fourth-order valence-corrected chi connectivity index (χ4v) is 2.20. The molecular weight excluding hydrogens is 324 g/mol. The quantitative estimate of drug-likeness (QED) is 0.550. The van der Waals surface area contributed by atoms with Gasteiger partial charge >= 0.3 is 11.9 Å². The van der Waals surface area contributed by atoms with E-state index in [0.29, 0.717) is 12.8 Å². The number of nitrogens with two attached hydrogens (primary N) is 1. The van der Waals surface area contributed by atoms with Crippen LogP contribution >= 0.6 is 0 Å². The fraction of sp³-hybridized carbons (Fsp3) is 0.500. The molecule has 1 unspecified atom stereocenters. The standard InChI is InChI=1S/C18H26N2O5/c1-12(2)16(17(22)23)20-15(21)10-6-9-14(19)18(24)25-11-13-7-4-3-5-8-13/h3-5,7-8,12,14,16H,6,9-11,19H2,1-2H3,(H,20,21)(H,22,23)/t14?,16-/m0/s1. The third-order valence-corrected chi connectivity index (χ3v) is 3.69. The summed E-state index contributed by atoms with van der Waals surface area (Å²) in [4.78, 5) is 34.7. The highest BCUT2D eigenvalue weighted by Gasteiger charge is 2.23. The first-order valence-corrected chi connectivity index (χ1v) is 8.29. The van der Waals surface area contributed by atoms with Gasteiger partial charge in [0.2, 0.25) is 5.91 Å². The van der Waals surface area contributed by atoms with Gasteiger partial charge < -0.3 is 20.9 Å². The first kappa shape index (κ1) is 20.6. The SMILES string of the molecule is CC(C)[C@H](NC(=O)CCCC(N)C(=O)OCc1ccccc1)C(=O)O. The zero-order valence-electron chi connectivity index (χ0n) is 14.6. The molecule has 1 amide bonds. The second-order valence-corrected chi connectivity index (χ2v) is 6.22. The number of carboxylic acids is 1. The van der Waals surface area contributed by atoms with Crippen LogP contribution in [0.2, 0.25) is 0 Å². The Morgan fingerprint density at radius 1 is 1.20 bits per heavy atom. The molecule has 0 saturated carbocycles. The molecule has 0 aliphatic carbocycles. The molecule has 0 aromatic heterocycles. The maximum Gasteiger partial charge on any atom is 0.326 e. The van der Waals surface area contributed by atoms with Crippen molar-refractivity contribution >= 4 is 17.8 Å². The van der Waals surface area contributed by atoms with Crippen molar-refractivity contribution in [3.05, 3.63) is 35.9 Å². The van der Waals surface area contributed by atoms with Gasteiger partial charge in [-0.2, -0.15) is 0 Å². The largest absolute Gasteiger partial charge is 0.480 e. The molecule has 0 aliphatic rings. The van der Waals surface area contributed by atoms with Crippen molar-refractivity contribution in [1.82, 2.24) is 5.32 Å². The average Bonchev–Trinajstić information content (AvgIpc) is 2.57. The number of esters is 1. The second kappa shape index (κ2) is 10.5. The van der Waals surface area contributed by atoms with E-state index in [0.717, 1.165) is 5.56 Å². The van der Waals surface area contributed by atoms with Gasteiger partial charge in [-0.3, -0.25) is 9.59 Å². The molecule has 0 fully saturated rings. The zero-order chi connectivity index (χ0) is 18.8. The van der Waals surface area contributed by atoms with Gasteiger partial charge in [-0.1, -0.05) is 44.2 Å². The molecule has 0 heterocycles. The van der Waals surface area contributed by atoms with E-state index in [1.807, 2.05) is 30.3 Å². The van der Waals surface area contributed by atoms with E-state index < -0.39 is 24.0 Å². The van der Waals surface area contributed by atoms with Gasteiger partial charge in [-0.15, -0.1) is 0 Å². The molecule has 0 spiro atoms. The van der Waals surface area contributed by atoms with E-state index in [1.54, 1.807) is 13.8 Å². The van der Waals surface area contributed by atoms with E-state index in [1.165, 1.54) is 0 Å². The normalized spacial score (nSPS) is 13.1. The van der Waals surface area contributed by atoms with E-state index >= 15 is 0 Å². The molecule has 138 valence electrons. The number of hydrogen-bond donors (Lipinski definition) is 3. The Morgan fingerprint density at radius 3 is 2.40 bits per heavy atom. The Bertz CT molecular complexity index is 574. The van der Waals surface area contributed by atoms with Crippen molar-refractivity contribution in [2.45, 2.75) is 51.8 Å². The monoisotopic (exact) mass is 350 g/mol. The van der Waals surface area contributed by atoms with Crippen molar-refractivity contribution < 1.29 is 24.2 Å². The Kier molecular flexibility index (Phi) is 8.63. The summed E-state index contributed by atoms with van der Waals surface area (Å²) in [6, 6.07) is 7.53. The van der Waals surface area contributed by atoms with E-state index in [-0.39, 0.29) is 24.9 Å². The number of carboxylic acid groups (broad SMARTS) is 1. The van der Waals surface area contributed by atoms with E-state index in [2.05, 4.69) is 5.32 Å². The topological polar surface area (TPSA) is 119 Å². The Labute approximate surface area is 147 Å². The highest BCUT2D eigenvalue weighted by molar-refractivity contribution is 5.83. The van der Waals surface area contributed by atoms with Gasteiger partial charge in [0.1, 0.15) is 18.7 Å². The molecule has 1 aromatic rings. The summed E-state index contributed by atoms with van der Waals surface area (Å²) in [5.74, 6) is -2.16. The highest BCUT2D eigenvalue weighted by atomic mass is 16.5. The van der Waals surface area contributed by atoms with Crippen LogP contribution in [0.3, 0.4) is 0 Å². The Morgan fingerprint density at radius 2 is 1.84 bits per heavy atom. The molecule has 2 atom stereocenters. The summed E-state index contributed by atoms with van der Waals surface area (Å²) in [5.41, 5.74) is 6.64. The van der Waals surface area contributed by atoms with Crippen molar-refractivity contribution in [2.75, 3.05) is 0 Å². The van der Waals surface area contributed by atoms with Gasteiger partial charge in [0.05, 0.1) is 0 Å². The average molecular weight is 350 g/mol. The second-order valence-electron chi connectivity index (χ2n) is 6.22. The van der Waals surface area contributed by atoms with Gasteiger partial charge in [0, 0.05) is 6.42 Å². The number of aliphatic carboxylic acids is 1. The number of ether oxygens (including phenoxy) is 1. The van der Waals surface area contributed by atoms with Gasteiger partial charge in [-0.05, 0) is 24.3 Å². The molecule has 7 heteroatoms. The first-order chi connectivity index (χ1) is 11.8. The predicted octanol–water partition coefficient (Wildman–Crippen LogP) is 1.45. The maximum atomic E-state index is 11.8. The van der Waals surface area contributed by atoms with E-state index in [9.17, 15) is 14.4 Å². The minimum Gasteiger partial charge on any atom is -0.480 e. The lowest BCUT2D eigenvalue weighted by Crippen LogP contribution is -2.44. The summed E-state index contributed by atoms with van der Waals surface area (Å²) in [6.07, 6.45) is 0.772. The zero-order valence-corrected chi connectivity index (χ0v) is 14.6. The minimum absolute atomic E-state index is 0.107. The number of benzene rings is 1. The fourth-order valence-electron chi connectivity index (χ4n) is 2.20. The van der Waals surface area contributed by atoms with Crippen LogP contribution in [0.4, 0.5) is 0 Å². The molecule has 7 nitrogen and oxygen atoms in total. The van der Waals surface area contributed by atoms with Crippen LogP contribution < -0.4 is 11.1 Å². The molecule has 0 bridgehead atoms. The van der Waals surface area contributed by atoms with Gasteiger partial charge in [0.25, 0.3) is 0 Å². The minimum atomic E-state index is -1.07. The molecule has 0 aliphatic heterocycles. The number of nitrogens with one attached hydrogen (secondary N) is 1. The summed E-state index contributed by atoms with van der Waals surface area (Å²) >= 11 is 0. The van der Waals surface area contributed by atoms with Crippen LogP contribution in [0, 0.1) is 5.92 Å². The lowest BCUT2D eigenvalue weighted by Gasteiger charge is -2.18. The third kappa shape index (κ3) is 7.80. The molecule has 1 rings (SSSR count). The number of hydrogen-bond acceptors (Lipinski definition) is 5. The molecule has 1 aromatic carbocycles. The number of rotatable bonds is 10. The molecule has 25 heavy (non-hydrogen) atoms. The van der Waals surface area contributed by atoms with Crippen LogP contribution in [0.1, 0.15) is 38.7 Å². The summed E-state index contributed by atoms with van der Waals surface area (Å²) < 4.78 is 5.13. The highest BCUT2D eigenvalue weighted by Crippen LogP contribution is 2.07. The van der Waals surface area contributed by atoms with Crippen molar-refractivity contribution in [3.63, 3.8) is 0 Å². The Hall–Kier alpha value is -2.41. The van der Waals surface area contributed by atoms with Crippen LogP contribution in [-0.2, 0) is 25.7 Å². The summed E-state index contributed by atoms with van der Waals surface area (Å²) in [6.45, 7) is 3.60. The lowest BCUT2D eigenvalue weighted by atomic mass is 10.0. The summed E-state index contributed by atoms with van der Waals surface area (Å²) in [5, 5.41) is 11.5. The Balaban J connectivity index is 2.28. The maximum absolute atomic E-state index is 11.8. The molecular formula is C18H26N2O5. The van der Waals surface area contributed by atoms with Gasteiger partial charge in [0.15, 0.2) is 0 Å². The summed E-state index contributed by atoms with van der Waals surface area (Å²) in [7, 11) is 0. The van der Waals surface area contributed by atoms with Crippen molar-refractivity contribution in [2.24, 2.45) is 11.7 Å². The molecule has 4 N–H and O–H groups in total. The van der Waals surface area contributed by atoms with Crippen LogP contribution in [-0.4, -0.2) is 35.0 Å². The number of amides is 1. The van der Waals surface area contributed by atoms with Crippen molar-refractivity contribution in [3.8, 4) is 0 Å². The van der Waals surface area contributed by atoms with Gasteiger partial charge in [-0.25, -0.2) is 4.79 Å². The van der Waals surface area contributed by atoms with Crippen molar-refractivity contribution in [1.29, 1.82) is 0 Å². The smallest absolute Gasteiger partial charge is 0.326 e. The van der Waals surface area contributed by atoms with Crippen LogP contribution in [0.25, 0.3) is 0 Å². The van der Waals surface area contributed by atoms with Crippen LogP contribution in [0.15, 0.2) is 30.3 Å².